The molecule has 15 heavy (non-hydrogen) atoms. The number of alkyl halides is 1. The molecule has 0 aromatic carbocycles. The highest BCUT2D eigenvalue weighted by molar-refractivity contribution is 6.20. The number of ketones is 1. The lowest BCUT2D eigenvalue weighted by Crippen LogP contribution is -2.49. The second-order valence-corrected chi connectivity index (χ2v) is 6.48. The molecule has 0 heterocycles. The Labute approximate surface area is 97.6 Å². The Kier molecular flexibility index (Phi) is 2.87. The average molecular weight is 229 g/mol. The third-order valence-corrected chi connectivity index (χ3v) is 5.49. The van der Waals surface area contributed by atoms with Crippen molar-refractivity contribution in [2.75, 3.05) is 0 Å². The Morgan fingerprint density at radius 3 is 2.73 bits per heavy atom. The Morgan fingerprint density at radius 2 is 2.07 bits per heavy atom. The summed E-state index contributed by atoms with van der Waals surface area (Å²) in [7, 11) is 0. The number of fused-ring (bicyclic) bond motifs is 1. The van der Waals surface area contributed by atoms with Crippen LogP contribution < -0.4 is 0 Å². The number of halogens is 1. The molecule has 2 fully saturated rings. The Balaban J connectivity index is 2.27. The van der Waals surface area contributed by atoms with Crippen LogP contribution in [0.2, 0.25) is 0 Å². The topological polar surface area (TPSA) is 17.1 Å². The Hall–Kier alpha value is -0.0400. The van der Waals surface area contributed by atoms with E-state index in [1.807, 2.05) is 0 Å². The van der Waals surface area contributed by atoms with E-state index in [4.69, 9.17) is 11.6 Å². The molecule has 1 nitrogen and oxygen atoms in total. The fourth-order valence-electron chi connectivity index (χ4n) is 3.62. The zero-order chi connectivity index (χ0) is 11.2. The van der Waals surface area contributed by atoms with Gasteiger partial charge in [0.15, 0.2) is 0 Å². The number of carbonyl (C=O) groups excluding carboxylic acids is 1. The SMILES string of the molecule is C[C@@H]1CC(=O)[C@@H]2C[C@H](Cl)CC[C@]2(C)[C@@H]1C. The zero-order valence-electron chi connectivity index (χ0n) is 9.92. The quantitative estimate of drug-likeness (QED) is 0.579. The van der Waals surface area contributed by atoms with E-state index in [9.17, 15) is 4.79 Å². The monoisotopic (exact) mass is 228 g/mol. The molecule has 0 aromatic rings. The van der Waals surface area contributed by atoms with Crippen LogP contribution in [0, 0.1) is 23.2 Å². The molecule has 0 aromatic heterocycles. The first-order valence-corrected chi connectivity index (χ1v) is 6.55. The Bertz CT molecular complexity index is 276. The van der Waals surface area contributed by atoms with Crippen LogP contribution in [-0.2, 0) is 4.79 Å². The summed E-state index contributed by atoms with van der Waals surface area (Å²) in [5.41, 5.74) is 0.222. The van der Waals surface area contributed by atoms with E-state index in [1.165, 1.54) is 0 Å². The predicted octanol–water partition coefficient (Wildman–Crippen LogP) is 3.65. The number of Topliss-reactive ketones (excluding diaryl/α,β-unsaturated/α-hetero) is 1. The molecular formula is C13H21ClO. The lowest BCUT2D eigenvalue weighted by atomic mass is 9.53. The van der Waals surface area contributed by atoms with Crippen molar-refractivity contribution in [3.8, 4) is 0 Å². The van der Waals surface area contributed by atoms with Crippen LogP contribution in [0.15, 0.2) is 0 Å². The first kappa shape index (κ1) is 11.4. The van der Waals surface area contributed by atoms with Gasteiger partial charge in [0, 0.05) is 17.7 Å². The van der Waals surface area contributed by atoms with E-state index in [1.54, 1.807) is 0 Å². The van der Waals surface area contributed by atoms with E-state index in [0.29, 0.717) is 17.6 Å². The van der Waals surface area contributed by atoms with Gasteiger partial charge in [-0.3, -0.25) is 4.79 Å². The summed E-state index contributed by atoms with van der Waals surface area (Å²) in [6.45, 7) is 6.84. The number of rotatable bonds is 0. The highest BCUT2D eigenvalue weighted by atomic mass is 35.5. The van der Waals surface area contributed by atoms with E-state index >= 15 is 0 Å². The number of carbonyl (C=O) groups is 1. The normalized spacial score (nSPS) is 51.3. The first-order valence-electron chi connectivity index (χ1n) is 6.12. The maximum atomic E-state index is 12.1. The van der Waals surface area contributed by atoms with Crippen LogP contribution >= 0.6 is 11.6 Å². The van der Waals surface area contributed by atoms with Gasteiger partial charge >= 0.3 is 0 Å². The average Bonchev–Trinajstić information content (AvgIpc) is 2.18. The van der Waals surface area contributed by atoms with Gasteiger partial charge in [-0.2, -0.15) is 0 Å². The maximum Gasteiger partial charge on any atom is 0.136 e. The van der Waals surface area contributed by atoms with Crippen LogP contribution in [0.5, 0.6) is 0 Å². The lowest BCUT2D eigenvalue weighted by molar-refractivity contribution is -0.139. The minimum atomic E-state index is 0.222. The molecule has 0 spiro atoms. The number of hydrogen-bond acceptors (Lipinski definition) is 1. The molecule has 0 aliphatic heterocycles. The second-order valence-electron chi connectivity index (χ2n) is 5.87. The van der Waals surface area contributed by atoms with Gasteiger partial charge in [-0.15, -0.1) is 11.6 Å². The molecule has 2 heteroatoms. The van der Waals surface area contributed by atoms with Crippen molar-refractivity contribution in [2.24, 2.45) is 23.2 Å². The summed E-state index contributed by atoms with van der Waals surface area (Å²) >= 11 is 6.20. The van der Waals surface area contributed by atoms with Crippen LogP contribution in [0.25, 0.3) is 0 Å². The molecule has 2 aliphatic rings. The van der Waals surface area contributed by atoms with E-state index in [0.717, 1.165) is 25.7 Å². The summed E-state index contributed by atoms with van der Waals surface area (Å²) < 4.78 is 0. The standard InChI is InChI=1S/C13H21ClO/c1-8-6-12(15)11-7-10(14)4-5-13(11,3)9(8)2/h8-11H,4-7H2,1-3H3/t8-,9-,10-,11+,13-/m1/s1. The van der Waals surface area contributed by atoms with Crippen molar-refractivity contribution in [3.63, 3.8) is 0 Å². The van der Waals surface area contributed by atoms with Crippen molar-refractivity contribution in [3.05, 3.63) is 0 Å². The van der Waals surface area contributed by atoms with E-state index in [2.05, 4.69) is 20.8 Å². The van der Waals surface area contributed by atoms with Crippen molar-refractivity contribution in [2.45, 2.75) is 51.8 Å². The van der Waals surface area contributed by atoms with E-state index < -0.39 is 0 Å². The summed E-state index contributed by atoms with van der Waals surface area (Å²) in [6.07, 6.45) is 3.89. The van der Waals surface area contributed by atoms with Crippen LogP contribution in [0.4, 0.5) is 0 Å². The Morgan fingerprint density at radius 1 is 1.40 bits per heavy atom. The van der Waals surface area contributed by atoms with Gasteiger partial charge in [0.05, 0.1) is 0 Å². The molecule has 0 saturated heterocycles. The molecule has 0 N–H and O–H groups in total. The molecule has 2 rings (SSSR count). The molecule has 0 radical (unpaired) electrons. The fraction of sp³-hybridized carbons (Fsp3) is 0.923. The smallest absolute Gasteiger partial charge is 0.136 e. The predicted molar refractivity (Wildman–Crippen MR) is 63.0 cm³/mol. The van der Waals surface area contributed by atoms with Crippen molar-refractivity contribution >= 4 is 17.4 Å². The van der Waals surface area contributed by atoms with Gasteiger partial charge < -0.3 is 0 Å². The zero-order valence-corrected chi connectivity index (χ0v) is 10.7. The molecule has 5 atom stereocenters. The van der Waals surface area contributed by atoms with Crippen LogP contribution in [0.1, 0.15) is 46.5 Å². The molecule has 0 amide bonds. The number of hydrogen-bond donors (Lipinski definition) is 0. The molecule has 86 valence electrons. The van der Waals surface area contributed by atoms with Crippen LogP contribution in [-0.4, -0.2) is 11.2 Å². The minimum absolute atomic E-state index is 0.222. The molecular weight excluding hydrogens is 208 g/mol. The third kappa shape index (κ3) is 1.73. The van der Waals surface area contributed by atoms with Gasteiger partial charge in [-0.1, -0.05) is 20.8 Å². The largest absolute Gasteiger partial charge is 0.299 e. The fourth-order valence-corrected chi connectivity index (χ4v) is 3.90. The molecule has 0 bridgehead atoms. The van der Waals surface area contributed by atoms with Crippen molar-refractivity contribution in [1.82, 2.24) is 0 Å². The van der Waals surface area contributed by atoms with Crippen molar-refractivity contribution in [1.29, 1.82) is 0 Å². The highest BCUT2D eigenvalue weighted by Crippen LogP contribution is 2.54. The van der Waals surface area contributed by atoms with Crippen molar-refractivity contribution < 1.29 is 4.79 Å². The van der Waals surface area contributed by atoms with Gasteiger partial charge in [-0.05, 0) is 36.5 Å². The lowest BCUT2D eigenvalue weighted by Gasteiger charge is -2.51. The summed E-state index contributed by atoms with van der Waals surface area (Å²) in [6, 6.07) is 0. The second kappa shape index (κ2) is 3.76. The molecule has 2 aliphatic carbocycles. The molecule has 0 unspecified atom stereocenters. The summed E-state index contributed by atoms with van der Waals surface area (Å²) in [4.78, 5) is 12.1. The van der Waals surface area contributed by atoms with Gasteiger partial charge in [0.25, 0.3) is 0 Å². The van der Waals surface area contributed by atoms with Gasteiger partial charge in [0.1, 0.15) is 5.78 Å². The van der Waals surface area contributed by atoms with Gasteiger partial charge in [0.2, 0.25) is 0 Å². The van der Waals surface area contributed by atoms with Crippen LogP contribution in [0.3, 0.4) is 0 Å². The van der Waals surface area contributed by atoms with E-state index in [-0.39, 0.29) is 16.7 Å². The van der Waals surface area contributed by atoms with Gasteiger partial charge in [-0.25, -0.2) is 0 Å². The summed E-state index contributed by atoms with van der Waals surface area (Å²) in [5.74, 6) is 1.91. The molecule has 2 saturated carbocycles. The third-order valence-electron chi connectivity index (χ3n) is 5.09. The maximum absolute atomic E-state index is 12.1. The minimum Gasteiger partial charge on any atom is -0.299 e. The first-order chi connectivity index (χ1) is 6.95. The highest BCUT2D eigenvalue weighted by Gasteiger charge is 2.51. The summed E-state index contributed by atoms with van der Waals surface area (Å²) in [5, 5.41) is 0.229.